The number of rotatable bonds is 9. The number of carbonyl (C=O) groups excluding carboxylic acids is 2. The van der Waals surface area contributed by atoms with Gasteiger partial charge in [-0.1, -0.05) is 24.3 Å². The Morgan fingerprint density at radius 2 is 1.95 bits per heavy atom. The van der Waals surface area contributed by atoms with Crippen LogP contribution in [-0.2, 0) is 9.53 Å². The highest BCUT2D eigenvalue weighted by atomic mass is 16.5. The van der Waals surface area contributed by atoms with Gasteiger partial charge in [0.1, 0.15) is 6.61 Å². The number of aliphatic hydroxyl groups excluding tert-OH is 1. The number of allylic oxidation sites excluding steroid dienone is 1. The molecule has 0 bridgehead atoms. The first kappa shape index (κ1) is 25.5. The van der Waals surface area contributed by atoms with Crippen LogP contribution in [0, 0.1) is 0 Å². The summed E-state index contributed by atoms with van der Waals surface area (Å²) in [7, 11) is 1.27. The highest BCUT2D eigenvalue weighted by Gasteiger charge is 2.32. The fourth-order valence-electron chi connectivity index (χ4n) is 3.95. The van der Waals surface area contributed by atoms with Gasteiger partial charge in [-0.2, -0.15) is 5.11 Å². The van der Waals surface area contributed by atoms with Crippen LogP contribution in [0.2, 0.25) is 0 Å². The molecule has 0 fully saturated rings. The van der Waals surface area contributed by atoms with E-state index in [1.807, 2.05) is 6.07 Å². The number of urea groups is 1. The number of aromatic hydroxyl groups is 1. The largest absolute Gasteiger partial charge is 0.493 e. The average molecular weight is 510 g/mol. The number of carbonyl (C=O) groups is 2. The number of benzene rings is 2. The number of nitrogens with one attached hydrogen (secondary N) is 3. The van der Waals surface area contributed by atoms with Crippen molar-refractivity contribution in [1.29, 1.82) is 0 Å². The Morgan fingerprint density at radius 3 is 2.70 bits per heavy atom. The molecule has 12 nitrogen and oxygen atoms in total. The van der Waals surface area contributed by atoms with Crippen molar-refractivity contribution in [3.8, 4) is 17.4 Å². The quantitative estimate of drug-likeness (QED) is 0.217. The molecule has 0 spiro atoms. The third-order valence-electron chi connectivity index (χ3n) is 5.61. The number of nitrogens with zero attached hydrogens (tertiary/aromatic N) is 2. The van der Waals surface area contributed by atoms with Gasteiger partial charge in [-0.15, -0.1) is 5.11 Å². The minimum absolute atomic E-state index is 0.159. The van der Waals surface area contributed by atoms with Crippen molar-refractivity contribution in [2.75, 3.05) is 20.3 Å². The Labute approximate surface area is 211 Å². The van der Waals surface area contributed by atoms with E-state index in [9.17, 15) is 19.8 Å². The Kier molecular flexibility index (Phi) is 7.58. The van der Waals surface area contributed by atoms with Crippen molar-refractivity contribution in [2.45, 2.75) is 26.1 Å². The van der Waals surface area contributed by atoms with Gasteiger partial charge in [-0.3, -0.25) is 0 Å². The average Bonchev–Trinajstić information content (AvgIpc) is 3.20. The molecule has 0 aliphatic carbocycles. The first-order valence-corrected chi connectivity index (χ1v) is 11.5. The van der Waals surface area contributed by atoms with E-state index in [2.05, 4.69) is 25.8 Å². The molecule has 1 aromatic heterocycles. The second-order valence-corrected chi connectivity index (χ2v) is 8.08. The van der Waals surface area contributed by atoms with Crippen LogP contribution in [0.15, 0.2) is 64.0 Å². The predicted molar refractivity (Wildman–Crippen MR) is 133 cm³/mol. The molecular formula is C25H27N5O7. The number of ether oxygens (including phenoxy) is 3. The van der Waals surface area contributed by atoms with Crippen LogP contribution in [0.5, 0.6) is 17.4 Å². The first-order chi connectivity index (χ1) is 17.8. The molecule has 2 atom stereocenters. The maximum atomic E-state index is 12.4. The molecule has 1 aliphatic heterocycles. The summed E-state index contributed by atoms with van der Waals surface area (Å²) < 4.78 is 16.3. The maximum Gasteiger partial charge on any atom is 0.337 e. The van der Waals surface area contributed by atoms with Gasteiger partial charge in [0.05, 0.1) is 30.8 Å². The van der Waals surface area contributed by atoms with Crippen molar-refractivity contribution in [3.05, 3.63) is 59.3 Å². The third-order valence-corrected chi connectivity index (χ3v) is 5.61. The lowest BCUT2D eigenvalue weighted by Gasteiger charge is -2.28. The number of aliphatic hydroxyl groups is 1. The van der Waals surface area contributed by atoms with Crippen LogP contribution >= 0.6 is 0 Å². The topological polar surface area (TPSA) is 167 Å². The van der Waals surface area contributed by atoms with E-state index in [4.69, 9.17) is 14.2 Å². The molecule has 2 aromatic carbocycles. The van der Waals surface area contributed by atoms with Gasteiger partial charge in [0, 0.05) is 11.1 Å². The van der Waals surface area contributed by atoms with Gasteiger partial charge in [-0.25, -0.2) is 9.59 Å². The summed E-state index contributed by atoms with van der Waals surface area (Å²) in [6, 6.07) is 10.9. The molecule has 12 heteroatoms. The molecule has 0 unspecified atom stereocenters. The molecule has 4 rings (SSSR count). The Morgan fingerprint density at radius 1 is 1.16 bits per heavy atom. The molecule has 0 radical (unpaired) electrons. The van der Waals surface area contributed by atoms with E-state index < -0.39 is 24.3 Å². The molecule has 1 aliphatic rings. The molecule has 37 heavy (non-hydrogen) atoms. The first-order valence-electron chi connectivity index (χ1n) is 11.5. The van der Waals surface area contributed by atoms with Gasteiger partial charge in [0.25, 0.3) is 0 Å². The van der Waals surface area contributed by atoms with Crippen LogP contribution in [-0.4, -0.2) is 53.7 Å². The minimum atomic E-state index is -1.33. The minimum Gasteiger partial charge on any atom is -0.493 e. The lowest BCUT2D eigenvalue weighted by Crippen LogP contribution is -2.45. The Bertz CT molecular complexity index is 1380. The zero-order chi connectivity index (χ0) is 26.5. The van der Waals surface area contributed by atoms with Crippen LogP contribution in [0.4, 0.5) is 10.5 Å². The Balaban J connectivity index is 1.51. The zero-order valence-corrected chi connectivity index (χ0v) is 20.4. The molecular weight excluding hydrogens is 482 g/mol. The summed E-state index contributed by atoms with van der Waals surface area (Å²) in [6.07, 6.45) is -1.33. The molecule has 0 saturated carbocycles. The molecule has 0 saturated heterocycles. The van der Waals surface area contributed by atoms with Crippen molar-refractivity contribution in [1.82, 2.24) is 15.6 Å². The standard InChI is InChI=1S/C25H27N5O7/c1-4-36-18-11-14(21-20(24(33)35-3)13(2)26-25(34)28-21)9-10-17(18)37-12-19(31)29-30-22-15-7-5-6-8-16(15)27-23(22)32/h5-11,19,21,27,31-32H,4,12H2,1-3H3,(H2,26,28,34)/t19-,21+/m1/s1. The number of aromatic nitrogens is 1. The summed E-state index contributed by atoms with van der Waals surface area (Å²) >= 11 is 0. The zero-order valence-electron chi connectivity index (χ0n) is 20.4. The number of esters is 1. The summed E-state index contributed by atoms with van der Waals surface area (Å²) in [6.45, 7) is 3.48. The summed E-state index contributed by atoms with van der Waals surface area (Å²) in [4.78, 5) is 27.2. The lowest BCUT2D eigenvalue weighted by molar-refractivity contribution is -0.136. The van der Waals surface area contributed by atoms with Gasteiger partial charge in [-0.05, 0) is 37.6 Å². The summed E-state index contributed by atoms with van der Waals surface area (Å²) in [5.74, 6) is -0.0839. The van der Waals surface area contributed by atoms with Crippen LogP contribution in [0.3, 0.4) is 0 Å². The highest BCUT2D eigenvalue weighted by molar-refractivity contribution is 5.95. The number of amides is 2. The third kappa shape index (κ3) is 5.48. The van der Waals surface area contributed by atoms with Crippen molar-refractivity contribution >= 4 is 28.6 Å². The van der Waals surface area contributed by atoms with Gasteiger partial charge < -0.3 is 40.0 Å². The van der Waals surface area contributed by atoms with E-state index in [-0.39, 0.29) is 23.7 Å². The fraction of sp³-hybridized carbons (Fsp3) is 0.280. The van der Waals surface area contributed by atoms with Gasteiger partial charge >= 0.3 is 12.0 Å². The normalized spacial score (nSPS) is 16.4. The fourth-order valence-corrected chi connectivity index (χ4v) is 3.95. The molecule has 194 valence electrons. The number of H-pyrrole nitrogens is 1. The number of aromatic amines is 1. The van der Waals surface area contributed by atoms with E-state index >= 15 is 0 Å². The maximum absolute atomic E-state index is 12.4. The number of hydrogen-bond donors (Lipinski definition) is 5. The molecule has 3 aromatic rings. The van der Waals surface area contributed by atoms with Crippen molar-refractivity contribution < 1.29 is 34.0 Å². The summed E-state index contributed by atoms with van der Waals surface area (Å²) in [5, 5.41) is 34.1. The van der Waals surface area contributed by atoms with Gasteiger partial charge in [0.15, 0.2) is 17.2 Å². The predicted octanol–water partition coefficient (Wildman–Crippen LogP) is 3.55. The van der Waals surface area contributed by atoms with Gasteiger partial charge in [0.2, 0.25) is 12.1 Å². The molecule has 2 amide bonds. The molecule has 5 N–H and O–H groups in total. The number of fused-ring (bicyclic) bond motifs is 1. The lowest BCUT2D eigenvalue weighted by atomic mass is 9.95. The van der Waals surface area contributed by atoms with Crippen LogP contribution in [0.1, 0.15) is 25.5 Å². The number of methoxy groups -OCH3 is 1. The van der Waals surface area contributed by atoms with E-state index in [0.29, 0.717) is 40.3 Å². The second kappa shape index (κ2) is 11.0. The Hall–Kier alpha value is -4.58. The van der Waals surface area contributed by atoms with Crippen molar-refractivity contribution in [2.24, 2.45) is 10.2 Å². The number of azo groups is 1. The summed E-state index contributed by atoms with van der Waals surface area (Å²) in [5.41, 5.74) is 2.11. The van der Waals surface area contributed by atoms with E-state index in [0.717, 1.165) is 0 Å². The monoisotopic (exact) mass is 509 g/mol. The van der Waals surface area contributed by atoms with Crippen LogP contribution in [0.25, 0.3) is 10.9 Å². The number of hydrogen-bond acceptors (Lipinski definition) is 9. The second-order valence-electron chi connectivity index (χ2n) is 8.08. The van der Waals surface area contributed by atoms with Crippen molar-refractivity contribution in [3.63, 3.8) is 0 Å². The SMILES string of the molecule is CCOc1cc([C@@H]2NC(=O)NC(C)=C2C(=O)OC)ccc1OC[C@@H](O)N=Nc1c(O)[nH]c2ccccc12. The molecule has 2 heterocycles. The number of para-hydroxylation sites is 1. The van der Waals surface area contributed by atoms with E-state index in [1.54, 1.807) is 50.2 Å². The highest BCUT2D eigenvalue weighted by Crippen LogP contribution is 2.36. The van der Waals surface area contributed by atoms with E-state index in [1.165, 1.54) is 7.11 Å². The smallest absolute Gasteiger partial charge is 0.337 e. The van der Waals surface area contributed by atoms with Crippen LogP contribution < -0.4 is 20.1 Å².